The van der Waals surface area contributed by atoms with E-state index >= 15 is 0 Å². The summed E-state index contributed by atoms with van der Waals surface area (Å²) in [4.78, 5) is 11.8. The molecule has 0 spiro atoms. The van der Waals surface area contributed by atoms with Gasteiger partial charge in [-0.05, 0) is 42.7 Å². The van der Waals surface area contributed by atoms with Gasteiger partial charge in [0.05, 0.1) is 7.11 Å². The van der Waals surface area contributed by atoms with Gasteiger partial charge in [-0.1, -0.05) is 35.9 Å². The lowest BCUT2D eigenvalue weighted by atomic mass is 10.1. The maximum Gasteiger partial charge on any atom is 0.387 e. The molecule has 0 aliphatic carbocycles. The van der Waals surface area contributed by atoms with Crippen molar-refractivity contribution < 1.29 is 23.0 Å². The van der Waals surface area contributed by atoms with Gasteiger partial charge in [-0.2, -0.15) is 8.78 Å². The van der Waals surface area contributed by atoms with Crippen LogP contribution < -0.4 is 14.8 Å². The predicted molar refractivity (Wildman–Crippen MR) is 96.6 cm³/mol. The van der Waals surface area contributed by atoms with Gasteiger partial charge in [0.1, 0.15) is 0 Å². The minimum atomic E-state index is -2.91. The third kappa shape index (κ3) is 6.20. The quantitative estimate of drug-likeness (QED) is 0.724. The molecule has 138 valence electrons. The van der Waals surface area contributed by atoms with Gasteiger partial charge in [-0.3, -0.25) is 4.79 Å². The fourth-order valence-electron chi connectivity index (χ4n) is 2.30. The molecule has 0 unspecified atom stereocenters. The molecule has 0 aliphatic rings. The van der Waals surface area contributed by atoms with E-state index in [1.54, 1.807) is 18.2 Å². The van der Waals surface area contributed by atoms with Crippen LogP contribution in [0, 0.1) is 6.92 Å². The second-order valence-electron chi connectivity index (χ2n) is 5.65. The average molecular weight is 361 g/mol. The molecule has 0 fully saturated rings. The van der Waals surface area contributed by atoms with Crippen molar-refractivity contribution in [1.29, 1.82) is 0 Å². The second-order valence-corrected chi connectivity index (χ2v) is 5.65. The molecule has 1 amide bonds. The van der Waals surface area contributed by atoms with Crippen molar-refractivity contribution in [2.24, 2.45) is 0 Å². The maximum absolute atomic E-state index is 12.3. The van der Waals surface area contributed by atoms with E-state index in [1.807, 2.05) is 31.2 Å². The van der Waals surface area contributed by atoms with Gasteiger partial charge >= 0.3 is 6.61 Å². The first-order valence-electron chi connectivity index (χ1n) is 8.12. The number of benzene rings is 2. The zero-order valence-corrected chi connectivity index (χ0v) is 14.7. The Bertz CT molecular complexity index is 758. The summed E-state index contributed by atoms with van der Waals surface area (Å²) >= 11 is 0. The second kappa shape index (κ2) is 9.56. The van der Waals surface area contributed by atoms with Crippen LogP contribution >= 0.6 is 0 Å². The van der Waals surface area contributed by atoms with Gasteiger partial charge in [-0.25, -0.2) is 0 Å². The number of methoxy groups -OCH3 is 1. The van der Waals surface area contributed by atoms with Crippen molar-refractivity contribution in [3.05, 3.63) is 65.2 Å². The number of ether oxygens (including phenoxy) is 2. The number of nitrogens with one attached hydrogen (secondary N) is 1. The monoisotopic (exact) mass is 361 g/mol. The average Bonchev–Trinajstić information content (AvgIpc) is 2.62. The molecule has 0 bridgehead atoms. The first-order chi connectivity index (χ1) is 12.5. The van der Waals surface area contributed by atoms with Crippen LogP contribution in [0.4, 0.5) is 8.78 Å². The minimum Gasteiger partial charge on any atom is -0.493 e. The molecule has 1 N–H and O–H groups in total. The Morgan fingerprint density at radius 2 is 1.88 bits per heavy atom. The van der Waals surface area contributed by atoms with E-state index in [9.17, 15) is 13.6 Å². The molecule has 0 heterocycles. The standard InChI is InChI=1S/C20H21F2NO3/c1-14-3-5-15(6-4-14)8-10-19(24)23-12-11-16-7-9-17(26-20(21)22)18(13-16)25-2/h3-10,13,20H,11-12H2,1-2H3,(H,23,24)/b10-8+. The van der Waals surface area contributed by atoms with Crippen LogP contribution in [-0.2, 0) is 11.2 Å². The molecule has 2 rings (SSSR count). The van der Waals surface area contributed by atoms with Gasteiger partial charge in [0.2, 0.25) is 5.91 Å². The molecule has 0 radical (unpaired) electrons. The van der Waals surface area contributed by atoms with Crippen molar-refractivity contribution >= 4 is 12.0 Å². The van der Waals surface area contributed by atoms with Crippen LogP contribution in [0.5, 0.6) is 11.5 Å². The highest BCUT2D eigenvalue weighted by molar-refractivity contribution is 5.91. The highest BCUT2D eigenvalue weighted by Crippen LogP contribution is 2.29. The fourth-order valence-corrected chi connectivity index (χ4v) is 2.30. The zero-order valence-electron chi connectivity index (χ0n) is 14.7. The molecule has 0 saturated heterocycles. The summed E-state index contributed by atoms with van der Waals surface area (Å²) in [5.41, 5.74) is 2.95. The summed E-state index contributed by atoms with van der Waals surface area (Å²) in [6.07, 6.45) is 3.76. The Morgan fingerprint density at radius 1 is 1.15 bits per heavy atom. The normalized spacial score (nSPS) is 11.0. The highest BCUT2D eigenvalue weighted by atomic mass is 19.3. The Morgan fingerprint density at radius 3 is 2.54 bits per heavy atom. The van der Waals surface area contributed by atoms with Crippen molar-refractivity contribution in [3.63, 3.8) is 0 Å². The first kappa shape index (κ1) is 19.4. The van der Waals surface area contributed by atoms with Crippen LogP contribution in [0.15, 0.2) is 48.5 Å². The van der Waals surface area contributed by atoms with Gasteiger partial charge in [-0.15, -0.1) is 0 Å². The molecule has 0 aliphatic heterocycles. The molecule has 2 aromatic rings. The topological polar surface area (TPSA) is 47.6 Å². The Balaban J connectivity index is 1.84. The molecular formula is C20H21F2NO3. The van der Waals surface area contributed by atoms with Crippen molar-refractivity contribution in [2.45, 2.75) is 20.0 Å². The summed E-state index contributed by atoms with van der Waals surface area (Å²) in [6.45, 7) is -0.495. The van der Waals surface area contributed by atoms with E-state index in [1.165, 1.54) is 19.3 Å². The SMILES string of the molecule is COc1cc(CCNC(=O)/C=C/c2ccc(C)cc2)ccc1OC(F)F. The number of hydrogen-bond donors (Lipinski definition) is 1. The lowest BCUT2D eigenvalue weighted by Crippen LogP contribution is -2.23. The van der Waals surface area contributed by atoms with Gasteiger partial charge in [0, 0.05) is 12.6 Å². The number of amides is 1. The first-order valence-corrected chi connectivity index (χ1v) is 8.12. The Labute approximate surface area is 151 Å². The van der Waals surface area contributed by atoms with Gasteiger partial charge < -0.3 is 14.8 Å². The summed E-state index contributed by atoms with van der Waals surface area (Å²) in [7, 11) is 1.38. The number of alkyl halides is 2. The third-order valence-electron chi connectivity index (χ3n) is 3.66. The van der Waals surface area contributed by atoms with Crippen molar-refractivity contribution in [3.8, 4) is 11.5 Å². The number of carbonyl (C=O) groups is 1. The number of carbonyl (C=O) groups excluding carboxylic acids is 1. The molecule has 4 nitrogen and oxygen atoms in total. The van der Waals surface area contributed by atoms with E-state index in [4.69, 9.17) is 4.74 Å². The summed E-state index contributed by atoms with van der Waals surface area (Å²) in [5, 5.41) is 2.78. The Hall–Kier alpha value is -2.89. The van der Waals surface area contributed by atoms with E-state index in [0.717, 1.165) is 16.7 Å². The molecule has 6 heteroatoms. The summed E-state index contributed by atoms with van der Waals surface area (Å²) in [5.74, 6) is 0.0138. The maximum atomic E-state index is 12.3. The molecular weight excluding hydrogens is 340 g/mol. The molecule has 2 aromatic carbocycles. The van der Waals surface area contributed by atoms with E-state index < -0.39 is 6.61 Å². The number of aryl methyl sites for hydroxylation is 1. The van der Waals surface area contributed by atoms with Crippen molar-refractivity contribution in [2.75, 3.05) is 13.7 Å². The largest absolute Gasteiger partial charge is 0.493 e. The van der Waals surface area contributed by atoms with E-state index in [-0.39, 0.29) is 17.4 Å². The molecule has 0 atom stereocenters. The smallest absolute Gasteiger partial charge is 0.387 e. The molecule has 26 heavy (non-hydrogen) atoms. The van der Waals surface area contributed by atoms with E-state index in [0.29, 0.717) is 13.0 Å². The van der Waals surface area contributed by atoms with Crippen LogP contribution in [0.3, 0.4) is 0 Å². The van der Waals surface area contributed by atoms with E-state index in [2.05, 4.69) is 10.1 Å². The predicted octanol–water partition coefficient (Wildman–Crippen LogP) is 3.98. The number of hydrogen-bond acceptors (Lipinski definition) is 3. The lowest BCUT2D eigenvalue weighted by molar-refractivity contribution is -0.116. The van der Waals surface area contributed by atoms with Gasteiger partial charge in [0.25, 0.3) is 0 Å². The fraction of sp³-hybridized carbons (Fsp3) is 0.250. The molecule has 0 saturated carbocycles. The zero-order chi connectivity index (χ0) is 18.9. The summed E-state index contributed by atoms with van der Waals surface area (Å²) in [6, 6.07) is 12.5. The van der Waals surface area contributed by atoms with Crippen LogP contribution in [-0.4, -0.2) is 26.2 Å². The third-order valence-corrected chi connectivity index (χ3v) is 3.66. The van der Waals surface area contributed by atoms with Crippen molar-refractivity contribution in [1.82, 2.24) is 5.32 Å². The number of rotatable bonds is 8. The minimum absolute atomic E-state index is 0.0173. The number of halogens is 2. The highest BCUT2D eigenvalue weighted by Gasteiger charge is 2.11. The van der Waals surface area contributed by atoms with Crippen LogP contribution in [0.2, 0.25) is 0 Å². The molecule has 0 aromatic heterocycles. The van der Waals surface area contributed by atoms with Crippen LogP contribution in [0.25, 0.3) is 6.08 Å². The lowest BCUT2D eigenvalue weighted by Gasteiger charge is -2.11. The summed E-state index contributed by atoms with van der Waals surface area (Å²) < 4.78 is 34.1. The van der Waals surface area contributed by atoms with Gasteiger partial charge in [0.15, 0.2) is 11.5 Å². The Kier molecular flexibility index (Phi) is 7.14. The van der Waals surface area contributed by atoms with Crippen LogP contribution in [0.1, 0.15) is 16.7 Å².